The van der Waals surface area contributed by atoms with Crippen LogP contribution in [-0.4, -0.2) is 16.1 Å². The Morgan fingerprint density at radius 1 is 0.854 bits per heavy atom. The first kappa shape index (κ1) is 32.6. The molecule has 48 heavy (non-hydrogen) atoms. The number of fused-ring (bicyclic) bond motifs is 3. The summed E-state index contributed by atoms with van der Waals surface area (Å²) in [5.41, 5.74) is 5.10. The number of carboxylic acid groups (broad SMARTS) is 1. The summed E-state index contributed by atoms with van der Waals surface area (Å²) >= 11 is 17.4. The van der Waals surface area contributed by atoms with Crippen molar-refractivity contribution in [1.82, 2.24) is 0 Å². The molecule has 0 spiro atoms. The summed E-state index contributed by atoms with van der Waals surface area (Å²) < 4.78 is 7.08. The van der Waals surface area contributed by atoms with Gasteiger partial charge in [0.25, 0.3) is 0 Å². The molecule has 1 aliphatic heterocycles. The van der Waals surface area contributed by atoms with Crippen molar-refractivity contribution in [3.63, 3.8) is 0 Å². The molecule has 0 unspecified atom stereocenters. The zero-order chi connectivity index (χ0) is 33.5. The fourth-order valence-electron chi connectivity index (χ4n) is 5.48. The van der Waals surface area contributed by atoms with Gasteiger partial charge < -0.3 is 14.8 Å². The number of thiocarbonyl (C=S) groups is 1. The summed E-state index contributed by atoms with van der Waals surface area (Å²) in [6.07, 6.45) is 0. The van der Waals surface area contributed by atoms with Gasteiger partial charge in [-0.15, -0.1) is 24.0 Å². The maximum atomic E-state index is 12.5. The minimum Gasteiger partial charge on any atom is -0.478 e. The fourth-order valence-corrected chi connectivity index (χ4v) is 9.40. The maximum absolute atomic E-state index is 12.5. The molecule has 0 saturated heterocycles. The highest BCUT2D eigenvalue weighted by Crippen LogP contribution is 2.46. The Kier molecular flexibility index (Phi) is 9.16. The lowest BCUT2D eigenvalue weighted by atomic mass is 9.91. The summed E-state index contributed by atoms with van der Waals surface area (Å²) in [5, 5.41) is 15.4. The van der Waals surface area contributed by atoms with Crippen molar-refractivity contribution in [1.29, 1.82) is 0 Å². The third-order valence-electron chi connectivity index (χ3n) is 7.73. The van der Waals surface area contributed by atoms with E-state index in [0.29, 0.717) is 26.3 Å². The Morgan fingerprint density at radius 2 is 1.60 bits per heavy atom. The molecule has 1 aromatic heterocycles. The van der Waals surface area contributed by atoms with Crippen molar-refractivity contribution in [2.24, 2.45) is 0 Å². The lowest BCUT2D eigenvalue weighted by molar-refractivity contribution is 0.0697. The largest absolute Gasteiger partial charge is 0.478 e. The Balaban J connectivity index is 1.15. The van der Waals surface area contributed by atoms with Crippen LogP contribution in [0.3, 0.4) is 0 Å². The molecule has 0 saturated carbocycles. The van der Waals surface area contributed by atoms with Crippen molar-refractivity contribution in [3.05, 3.63) is 135 Å². The third kappa shape index (κ3) is 6.67. The predicted octanol–water partition coefficient (Wildman–Crippen LogP) is 11.4. The minimum atomic E-state index is -1.02. The molecule has 7 rings (SSSR count). The summed E-state index contributed by atoms with van der Waals surface area (Å²) in [4.78, 5) is 28.6. The van der Waals surface area contributed by atoms with Gasteiger partial charge in [-0.3, -0.25) is 0 Å². The molecule has 1 aliphatic carbocycles. The normalized spacial score (nSPS) is 11.3. The lowest BCUT2D eigenvalue weighted by Gasteiger charge is -2.19. The molecule has 0 atom stereocenters. The van der Waals surface area contributed by atoms with Gasteiger partial charge in [0.2, 0.25) is 0 Å². The molecule has 236 valence electrons. The van der Waals surface area contributed by atoms with Crippen molar-refractivity contribution in [2.45, 2.75) is 21.6 Å². The Labute approximate surface area is 303 Å². The predicted molar refractivity (Wildman–Crippen MR) is 210 cm³/mol. The molecular formula is C37H23NO4S6. The first-order valence-corrected chi connectivity index (χ1v) is 18.7. The van der Waals surface area contributed by atoms with E-state index in [4.69, 9.17) is 28.9 Å². The molecule has 4 aromatic carbocycles. The average Bonchev–Trinajstić information content (AvgIpc) is 3.06. The summed E-state index contributed by atoms with van der Waals surface area (Å²) in [5.74, 6) is -1.02. The van der Waals surface area contributed by atoms with E-state index in [0.717, 1.165) is 57.3 Å². The van der Waals surface area contributed by atoms with Gasteiger partial charge in [-0.05, 0) is 96.4 Å². The minimum absolute atomic E-state index is 0.185. The van der Waals surface area contributed by atoms with Crippen LogP contribution in [-0.2, 0) is 0 Å². The van der Waals surface area contributed by atoms with Crippen LogP contribution in [0.1, 0.15) is 21.5 Å². The molecule has 2 aliphatic rings. The van der Waals surface area contributed by atoms with E-state index < -0.39 is 5.97 Å². The van der Waals surface area contributed by atoms with E-state index in [2.05, 4.69) is 17.9 Å². The number of anilines is 1. The van der Waals surface area contributed by atoms with E-state index in [1.807, 2.05) is 91.9 Å². The SMILES string of the molecule is Cc1cc(=O)oc2cc(SSc3ccc(C(=S)Nc4ccc(C(=O)O)c(-c5c6ccc(=S)cc-6sc6cc(S)ccc56)c4)cc3)ccc12. The standard InChI is InChI=1S/C37H23NO4S6/c1-19-14-34(39)42-31-18-25(9-13-26(19)31)48-47-24-7-2-20(3-8-24)36(45)38-21-4-10-27(37(40)41)30(15-21)35-28-11-5-22(43)16-32(28)46-33-17-23(44)6-12-29(33)35/h2-18,43H,1H3,(H,38,45)(H,40,41). The van der Waals surface area contributed by atoms with E-state index in [9.17, 15) is 14.7 Å². The second-order valence-corrected chi connectivity index (χ2v) is 15.7. The van der Waals surface area contributed by atoms with E-state index >= 15 is 0 Å². The number of aryl methyl sites for hydroxylation is 1. The Hall–Kier alpha value is -3.97. The zero-order valence-corrected chi connectivity index (χ0v) is 30.0. The molecule has 5 nitrogen and oxygen atoms in total. The molecule has 0 amide bonds. The van der Waals surface area contributed by atoms with Crippen molar-refractivity contribution in [3.8, 4) is 21.6 Å². The molecule has 2 heterocycles. The van der Waals surface area contributed by atoms with E-state index in [1.54, 1.807) is 45.1 Å². The van der Waals surface area contributed by atoms with Crippen LogP contribution in [0.15, 0.2) is 127 Å². The highest BCUT2D eigenvalue weighted by Gasteiger charge is 2.21. The van der Waals surface area contributed by atoms with Gasteiger partial charge in [-0.25, -0.2) is 9.59 Å². The van der Waals surface area contributed by atoms with E-state index in [1.165, 1.54) is 6.07 Å². The molecule has 2 N–H and O–H groups in total. The number of benzene rings is 5. The number of nitrogens with one attached hydrogen (secondary N) is 1. The summed E-state index contributed by atoms with van der Waals surface area (Å²) in [6, 6.07) is 32.1. The Bertz CT molecular complexity index is 2500. The number of carboxylic acids is 1. The van der Waals surface area contributed by atoms with Crippen molar-refractivity contribution in [2.75, 3.05) is 5.32 Å². The number of hydrogen-bond acceptors (Lipinski definition) is 9. The molecule has 11 heteroatoms. The number of rotatable bonds is 7. The second-order valence-electron chi connectivity index (χ2n) is 10.9. The number of carbonyl (C=O) groups is 1. The Morgan fingerprint density at radius 3 is 2.40 bits per heavy atom. The lowest BCUT2D eigenvalue weighted by Crippen LogP contribution is -2.11. The van der Waals surface area contributed by atoms with Crippen LogP contribution < -0.4 is 10.9 Å². The smallest absolute Gasteiger partial charge is 0.336 e. The van der Waals surface area contributed by atoms with Gasteiger partial charge in [0.05, 0.1) is 5.56 Å². The zero-order valence-electron chi connectivity index (χ0n) is 25.0. The third-order valence-corrected chi connectivity index (χ3v) is 12.1. The highest BCUT2D eigenvalue weighted by atomic mass is 33.1. The van der Waals surface area contributed by atoms with Gasteiger partial charge in [0, 0.05) is 62.4 Å². The fraction of sp³-hybridized carbons (Fsp3) is 0.0270. The molecule has 0 fully saturated rings. The molecule has 5 aromatic rings. The monoisotopic (exact) mass is 737 g/mol. The topological polar surface area (TPSA) is 79.5 Å². The van der Waals surface area contributed by atoms with Gasteiger partial charge in [-0.2, -0.15) is 0 Å². The van der Waals surface area contributed by atoms with Crippen molar-refractivity contribution < 1.29 is 14.3 Å². The van der Waals surface area contributed by atoms with Crippen molar-refractivity contribution >= 4 is 108 Å². The number of hydrogen-bond donors (Lipinski definition) is 3. The maximum Gasteiger partial charge on any atom is 0.336 e. The number of aromatic carboxylic acids is 1. The molecule has 0 bridgehead atoms. The molecule has 0 radical (unpaired) electrons. The van der Waals surface area contributed by atoms with Crippen LogP contribution in [0.5, 0.6) is 0 Å². The highest BCUT2D eigenvalue weighted by molar-refractivity contribution is 8.76. The van der Waals surface area contributed by atoms with Crippen LogP contribution >= 0.6 is 70.0 Å². The summed E-state index contributed by atoms with van der Waals surface area (Å²) in [6.45, 7) is 1.90. The van der Waals surface area contributed by atoms with Gasteiger partial charge in [0.1, 0.15) is 10.6 Å². The first-order valence-electron chi connectivity index (χ1n) is 14.5. The van der Waals surface area contributed by atoms with Gasteiger partial charge in [-0.1, -0.05) is 70.3 Å². The quantitative estimate of drug-likeness (QED) is 0.0487. The van der Waals surface area contributed by atoms with Crippen LogP contribution in [0.4, 0.5) is 5.69 Å². The molecular weight excluding hydrogens is 715 g/mol. The van der Waals surface area contributed by atoms with Crippen LogP contribution in [0.25, 0.3) is 42.6 Å². The second kappa shape index (κ2) is 13.5. The van der Waals surface area contributed by atoms with Crippen LogP contribution in [0.2, 0.25) is 0 Å². The average molecular weight is 738 g/mol. The first-order chi connectivity index (χ1) is 23.1. The van der Waals surface area contributed by atoms with Gasteiger partial charge in [0.15, 0.2) is 0 Å². The number of thiol groups is 1. The van der Waals surface area contributed by atoms with Crippen LogP contribution in [0, 0.1) is 11.4 Å². The van der Waals surface area contributed by atoms with Gasteiger partial charge >= 0.3 is 11.6 Å². The van der Waals surface area contributed by atoms with E-state index in [-0.39, 0.29) is 11.2 Å². The summed E-state index contributed by atoms with van der Waals surface area (Å²) in [7, 11) is 3.16.